The zero-order valence-corrected chi connectivity index (χ0v) is 9.82. The number of carbonyl (C=O) groups is 1. The van der Waals surface area contributed by atoms with Crippen LogP contribution in [-0.2, 0) is 16.0 Å². The number of anilines is 1. The van der Waals surface area contributed by atoms with E-state index in [2.05, 4.69) is 5.32 Å². The fourth-order valence-corrected chi connectivity index (χ4v) is 2.00. The minimum Gasteiger partial charge on any atom is -0.398 e. The first-order valence-electron chi connectivity index (χ1n) is 5.96. The quantitative estimate of drug-likeness (QED) is 0.770. The van der Waals surface area contributed by atoms with Gasteiger partial charge in [-0.3, -0.25) is 4.79 Å². The first kappa shape index (κ1) is 11.9. The van der Waals surface area contributed by atoms with Gasteiger partial charge in [-0.2, -0.15) is 0 Å². The summed E-state index contributed by atoms with van der Waals surface area (Å²) in [5.41, 5.74) is 7.34. The van der Waals surface area contributed by atoms with Crippen LogP contribution < -0.4 is 11.1 Å². The van der Waals surface area contributed by atoms with Crippen LogP contribution in [0.2, 0.25) is 0 Å². The van der Waals surface area contributed by atoms with Crippen molar-refractivity contribution >= 4 is 11.6 Å². The smallest absolute Gasteiger partial charge is 0.224 e. The standard InChI is InChI=1S/C13H18N2O2/c14-12-6-2-1-4-10(12)8-13(16)15-11-5-3-7-17-9-11/h1-2,4,6,11H,3,5,7-9,14H2,(H,15,16). The molecule has 1 aromatic carbocycles. The van der Waals surface area contributed by atoms with Gasteiger partial charge in [0.05, 0.1) is 19.1 Å². The molecule has 0 saturated carbocycles. The van der Waals surface area contributed by atoms with Crippen LogP contribution in [0.4, 0.5) is 5.69 Å². The molecular formula is C13H18N2O2. The average molecular weight is 234 g/mol. The highest BCUT2D eigenvalue weighted by atomic mass is 16.5. The van der Waals surface area contributed by atoms with Gasteiger partial charge in [0.1, 0.15) is 0 Å². The third kappa shape index (κ3) is 3.46. The number of carbonyl (C=O) groups excluding carboxylic acids is 1. The van der Waals surface area contributed by atoms with E-state index in [-0.39, 0.29) is 11.9 Å². The van der Waals surface area contributed by atoms with E-state index < -0.39 is 0 Å². The van der Waals surface area contributed by atoms with Gasteiger partial charge < -0.3 is 15.8 Å². The molecule has 0 bridgehead atoms. The van der Waals surface area contributed by atoms with Crippen molar-refractivity contribution in [3.63, 3.8) is 0 Å². The Hall–Kier alpha value is -1.55. The zero-order valence-electron chi connectivity index (χ0n) is 9.82. The summed E-state index contributed by atoms with van der Waals surface area (Å²) in [6, 6.07) is 7.61. The molecule has 1 unspecified atom stereocenters. The van der Waals surface area contributed by atoms with Crippen molar-refractivity contribution in [2.24, 2.45) is 0 Å². The minimum absolute atomic E-state index is 0.0124. The Morgan fingerprint density at radius 3 is 3.00 bits per heavy atom. The van der Waals surface area contributed by atoms with E-state index in [9.17, 15) is 4.79 Å². The van der Waals surface area contributed by atoms with E-state index in [1.807, 2.05) is 24.3 Å². The summed E-state index contributed by atoms with van der Waals surface area (Å²) < 4.78 is 5.32. The molecule has 17 heavy (non-hydrogen) atoms. The lowest BCUT2D eigenvalue weighted by Crippen LogP contribution is -2.41. The van der Waals surface area contributed by atoms with Crippen molar-refractivity contribution in [2.45, 2.75) is 25.3 Å². The predicted octanol–water partition coefficient (Wildman–Crippen LogP) is 1.11. The lowest BCUT2D eigenvalue weighted by atomic mass is 10.1. The number of hydrogen-bond acceptors (Lipinski definition) is 3. The van der Waals surface area contributed by atoms with E-state index in [1.54, 1.807) is 0 Å². The minimum atomic E-state index is 0.0124. The van der Waals surface area contributed by atoms with Crippen molar-refractivity contribution in [3.8, 4) is 0 Å². The summed E-state index contributed by atoms with van der Waals surface area (Å²) in [7, 11) is 0. The van der Waals surface area contributed by atoms with Crippen molar-refractivity contribution in [1.82, 2.24) is 5.32 Å². The van der Waals surface area contributed by atoms with Gasteiger partial charge in [-0.15, -0.1) is 0 Å². The summed E-state index contributed by atoms with van der Waals surface area (Å²) in [4.78, 5) is 11.8. The molecule has 1 heterocycles. The first-order chi connectivity index (χ1) is 8.25. The fourth-order valence-electron chi connectivity index (χ4n) is 2.00. The molecule has 0 radical (unpaired) electrons. The van der Waals surface area contributed by atoms with Crippen LogP contribution >= 0.6 is 0 Å². The molecule has 0 spiro atoms. The highest BCUT2D eigenvalue weighted by molar-refractivity contribution is 5.80. The second-order valence-electron chi connectivity index (χ2n) is 4.36. The van der Waals surface area contributed by atoms with Crippen molar-refractivity contribution in [1.29, 1.82) is 0 Å². The molecule has 1 aliphatic heterocycles. The first-order valence-corrected chi connectivity index (χ1v) is 5.96. The van der Waals surface area contributed by atoms with E-state index in [0.717, 1.165) is 25.0 Å². The number of para-hydroxylation sites is 1. The largest absolute Gasteiger partial charge is 0.398 e. The molecule has 4 nitrogen and oxygen atoms in total. The number of ether oxygens (including phenoxy) is 1. The van der Waals surface area contributed by atoms with Gasteiger partial charge in [-0.1, -0.05) is 18.2 Å². The molecule has 1 aliphatic rings. The number of nitrogens with two attached hydrogens (primary N) is 1. The van der Waals surface area contributed by atoms with E-state index in [1.165, 1.54) is 0 Å². The molecular weight excluding hydrogens is 216 g/mol. The Bertz CT molecular complexity index is 387. The van der Waals surface area contributed by atoms with Gasteiger partial charge in [-0.25, -0.2) is 0 Å². The number of hydrogen-bond donors (Lipinski definition) is 2. The number of amides is 1. The fraction of sp³-hybridized carbons (Fsp3) is 0.462. The molecule has 1 aromatic rings. The molecule has 4 heteroatoms. The van der Waals surface area contributed by atoms with Crippen LogP contribution in [-0.4, -0.2) is 25.2 Å². The lowest BCUT2D eigenvalue weighted by Gasteiger charge is -2.23. The Labute approximate surface area is 101 Å². The summed E-state index contributed by atoms with van der Waals surface area (Å²) in [6.45, 7) is 1.42. The number of rotatable bonds is 3. The monoisotopic (exact) mass is 234 g/mol. The van der Waals surface area contributed by atoms with Crippen LogP contribution in [0.5, 0.6) is 0 Å². The molecule has 2 rings (SSSR count). The molecule has 0 aliphatic carbocycles. The number of benzene rings is 1. The Morgan fingerprint density at radius 2 is 2.29 bits per heavy atom. The zero-order chi connectivity index (χ0) is 12.1. The third-order valence-corrected chi connectivity index (χ3v) is 2.93. The molecule has 3 N–H and O–H groups in total. The molecule has 1 saturated heterocycles. The van der Waals surface area contributed by atoms with Gasteiger partial charge in [0.15, 0.2) is 0 Å². The second kappa shape index (κ2) is 5.68. The maximum Gasteiger partial charge on any atom is 0.224 e. The maximum atomic E-state index is 11.8. The summed E-state index contributed by atoms with van der Waals surface area (Å²) in [5.74, 6) is 0.0124. The van der Waals surface area contributed by atoms with E-state index in [0.29, 0.717) is 18.7 Å². The van der Waals surface area contributed by atoms with Gasteiger partial charge in [0.25, 0.3) is 0 Å². The summed E-state index contributed by atoms with van der Waals surface area (Å²) >= 11 is 0. The highest BCUT2D eigenvalue weighted by Crippen LogP contribution is 2.12. The van der Waals surface area contributed by atoms with E-state index >= 15 is 0 Å². The van der Waals surface area contributed by atoms with Gasteiger partial charge in [-0.05, 0) is 24.5 Å². The number of nitrogens with one attached hydrogen (secondary N) is 1. The van der Waals surface area contributed by atoms with Crippen LogP contribution in [0, 0.1) is 0 Å². The summed E-state index contributed by atoms with van der Waals surface area (Å²) in [6.07, 6.45) is 2.34. The van der Waals surface area contributed by atoms with Crippen LogP contribution in [0.15, 0.2) is 24.3 Å². The predicted molar refractivity (Wildman–Crippen MR) is 66.5 cm³/mol. The Balaban J connectivity index is 1.86. The normalized spacial score (nSPS) is 19.9. The highest BCUT2D eigenvalue weighted by Gasteiger charge is 2.16. The van der Waals surface area contributed by atoms with Crippen LogP contribution in [0.1, 0.15) is 18.4 Å². The van der Waals surface area contributed by atoms with Crippen molar-refractivity contribution in [3.05, 3.63) is 29.8 Å². The molecule has 92 valence electrons. The Morgan fingerprint density at radius 1 is 1.47 bits per heavy atom. The summed E-state index contributed by atoms with van der Waals surface area (Å²) in [5, 5.41) is 2.98. The topological polar surface area (TPSA) is 64.4 Å². The van der Waals surface area contributed by atoms with Crippen LogP contribution in [0.3, 0.4) is 0 Å². The molecule has 1 amide bonds. The van der Waals surface area contributed by atoms with E-state index in [4.69, 9.17) is 10.5 Å². The van der Waals surface area contributed by atoms with Gasteiger partial charge in [0.2, 0.25) is 5.91 Å². The molecule has 1 fully saturated rings. The molecule has 0 aromatic heterocycles. The van der Waals surface area contributed by atoms with Crippen LogP contribution in [0.25, 0.3) is 0 Å². The average Bonchev–Trinajstić information content (AvgIpc) is 2.33. The van der Waals surface area contributed by atoms with Crippen molar-refractivity contribution in [2.75, 3.05) is 18.9 Å². The Kier molecular flexibility index (Phi) is 3.98. The van der Waals surface area contributed by atoms with Crippen molar-refractivity contribution < 1.29 is 9.53 Å². The number of nitrogen functional groups attached to an aromatic ring is 1. The second-order valence-corrected chi connectivity index (χ2v) is 4.36. The molecule has 1 atom stereocenters. The lowest BCUT2D eigenvalue weighted by molar-refractivity contribution is -0.122. The van der Waals surface area contributed by atoms with Gasteiger partial charge >= 0.3 is 0 Å². The van der Waals surface area contributed by atoms with Gasteiger partial charge in [0, 0.05) is 12.3 Å². The maximum absolute atomic E-state index is 11.8. The third-order valence-electron chi connectivity index (χ3n) is 2.93. The SMILES string of the molecule is Nc1ccccc1CC(=O)NC1CCCOC1.